The molecule has 18 rings (SSSR count). The lowest BCUT2D eigenvalue weighted by molar-refractivity contribution is -0.246. The highest BCUT2D eigenvalue weighted by atomic mass is 16.5. The highest BCUT2D eigenvalue weighted by Crippen LogP contribution is 2.89. The van der Waals surface area contributed by atoms with Crippen molar-refractivity contribution in [3.8, 4) is 17.2 Å². The monoisotopic (exact) mass is 897 g/mol. The molecule has 6 spiro atoms. The number of aryl methyl sites for hydroxylation is 1. The van der Waals surface area contributed by atoms with Crippen LogP contribution in [-0.2, 0) is 23.7 Å². The van der Waals surface area contributed by atoms with Gasteiger partial charge in [0.2, 0.25) is 0 Å². The third-order valence-corrected chi connectivity index (χ3v) is 25.4. The second kappa shape index (κ2) is 11.2. The van der Waals surface area contributed by atoms with Gasteiger partial charge in [-0.15, -0.1) is 0 Å². The first-order chi connectivity index (χ1) is 30.8. The van der Waals surface area contributed by atoms with Crippen LogP contribution in [0.15, 0.2) is 24.3 Å². The fraction of sp³-hybridized carbons (Fsp3) is 0.797. The molecule has 2 saturated heterocycles. The number of likely N-dealkylation sites (tertiary alicyclic amines) is 2. The summed E-state index contributed by atoms with van der Waals surface area (Å²) in [6, 6.07) is 10.2. The average molecular weight is 897 g/mol. The summed E-state index contributed by atoms with van der Waals surface area (Å²) in [5.41, 5.74) is 6.64. The molecule has 12 fully saturated rings. The number of piperidine rings is 2. The molecule has 8 bridgehead atoms. The first-order valence-electron chi connectivity index (χ1n) is 27.1. The van der Waals surface area contributed by atoms with Crippen molar-refractivity contribution in [2.45, 2.75) is 223 Å². The number of aromatic hydroxyl groups is 1. The van der Waals surface area contributed by atoms with Crippen molar-refractivity contribution >= 4 is 0 Å². The van der Waals surface area contributed by atoms with Crippen LogP contribution in [0.3, 0.4) is 0 Å². The van der Waals surface area contributed by atoms with Crippen molar-refractivity contribution in [1.29, 1.82) is 0 Å². The van der Waals surface area contributed by atoms with E-state index in [1.54, 1.807) is 11.1 Å². The number of rotatable bonds is 6. The van der Waals surface area contributed by atoms with Gasteiger partial charge >= 0.3 is 0 Å². The van der Waals surface area contributed by atoms with Gasteiger partial charge < -0.3 is 24.8 Å². The van der Waals surface area contributed by atoms with Gasteiger partial charge in [-0.1, -0.05) is 73.6 Å². The Kier molecular flexibility index (Phi) is 7.06. The minimum Gasteiger partial charge on any atom is -0.504 e. The van der Waals surface area contributed by atoms with Crippen LogP contribution in [0.1, 0.15) is 174 Å². The van der Waals surface area contributed by atoms with E-state index in [-0.39, 0.29) is 72.9 Å². The van der Waals surface area contributed by atoms with Gasteiger partial charge in [0.15, 0.2) is 11.5 Å². The number of benzene rings is 2. The van der Waals surface area contributed by atoms with Crippen LogP contribution < -0.4 is 9.47 Å². The Balaban J connectivity index is 0.000000121. The molecule has 18 atom stereocenters. The van der Waals surface area contributed by atoms with E-state index < -0.39 is 11.2 Å². The zero-order chi connectivity index (χ0) is 45.9. The summed E-state index contributed by atoms with van der Waals surface area (Å²) in [7, 11) is 0. The molecule has 10 saturated carbocycles. The van der Waals surface area contributed by atoms with E-state index >= 15 is 0 Å². The number of aliphatic hydroxyl groups is 2. The van der Waals surface area contributed by atoms with Gasteiger partial charge in [-0.25, -0.2) is 0 Å². The van der Waals surface area contributed by atoms with Gasteiger partial charge in [0, 0.05) is 79.9 Å². The maximum Gasteiger partial charge on any atom is 0.165 e. The molecule has 7 nitrogen and oxygen atoms in total. The van der Waals surface area contributed by atoms with Crippen LogP contribution in [-0.4, -0.2) is 84.8 Å². The molecular weight excluding hydrogens is 817 g/mol. The van der Waals surface area contributed by atoms with E-state index in [2.05, 4.69) is 104 Å². The Morgan fingerprint density at radius 3 is 1.47 bits per heavy atom. The van der Waals surface area contributed by atoms with Crippen molar-refractivity contribution in [2.75, 3.05) is 13.1 Å². The number of hydrogen-bond acceptors (Lipinski definition) is 7. The topological polar surface area (TPSA) is 85.2 Å². The minimum atomic E-state index is -0.778. The Hall–Kier alpha value is -2.32. The van der Waals surface area contributed by atoms with Gasteiger partial charge in [-0.2, -0.15) is 0 Å². The maximum atomic E-state index is 12.2. The van der Waals surface area contributed by atoms with Crippen LogP contribution in [0.2, 0.25) is 0 Å². The summed E-state index contributed by atoms with van der Waals surface area (Å²) in [4.78, 5) is 5.89. The van der Waals surface area contributed by atoms with E-state index in [1.165, 1.54) is 106 Å². The first kappa shape index (κ1) is 41.5. The van der Waals surface area contributed by atoms with Gasteiger partial charge in [0.1, 0.15) is 18.0 Å². The Morgan fingerprint density at radius 1 is 0.606 bits per heavy atom. The molecule has 0 radical (unpaired) electrons. The predicted molar refractivity (Wildman–Crippen MR) is 256 cm³/mol. The summed E-state index contributed by atoms with van der Waals surface area (Å²) in [5, 5.41) is 35.3. The first-order valence-corrected chi connectivity index (χ1v) is 27.1. The van der Waals surface area contributed by atoms with Gasteiger partial charge in [-0.05, 0) is 168 Å². The predicted octanol–water partition coefficient (Wildman–Crippen LogP) is 10.2. The van der Waals surface area contributed by atoms with Crippen LogP contribution >= 0.6 is 0 Å². The zero-order valence-corrected chi connectivity index (χ0v) is 42.3. The maximum absolute atomic E-state index is 12.2. The third kappa shape index (κ3) is 4.09. The molecule has 4 heterocycles. The second-order valence-corrected chi connectivity index (χ2v) is 29.7. The molecule has 12 aliphatic carbocycles. The van der Waals surface area contributed by atoms with Crippen LogP contribution in [0, 0.1) is 63.1 Å². The summed E-state index contributed by atoms with van der Waals surface area (Å²) in [5.74, 6) is 4.64. The molecule has 66 heavy (non-hydrogen) atoms. The van der Waals surface area contributed by atoms with Gasteiger partial charge in [-0.3, -0.25) is 9.80 Å². The lowest BCUT2D eigenvalue weighted by atomic mass is 9.35. The number of phenolic OH excluding ortho intramolecular Hbond substituents is 1. The quantitative estimate of drug-likeness (QED) is 0.249. The minimum absolute atomic E-state index is 0.0108. The molecule has 2 aromatic rings. The van der Waals surface area contributed by atoms with E-state index in [0.717, 1.165) is 36.8 Å². The Labute approximate surface area is 395 Å². The fourth-order valence-electron chi connectivity index (χ4n) is 21.4. The van der Waals surface area contributed by atoms with Crippen LogP contribution in [0.5, 0.6) is 17.2 Å². The van der Waals surface area contributed by atoms with E-state index in [4.69, 9.17) is 9.47 Å². The number of nitrogens with zero attached hydrogens (tertiary/aromatic N) is 2. The molecule has 356 valence electrons. The molecule has 16 aliphatic rings. The molecule has 7 heteroatoms. The molecule has 3 N–H and O–H groups in total. The largest absolute Gasteiger partial charge is 0.504 e. The SMILES string of the molecule is CC12CCC3(CC1C(C)(O)C(C)(C)C)[C@@H]1N(CC4CC4)C14Cc1ccc(O)c5c1[C@@]3(C4)C2O5.Cc1ccc2c3c1OC1C4(C)CCC5(CC4C(C)(O)C(C)(C)C)[C@@H]4N(CC6CC6)C4(C2)C[C@]315. The van der Waals surface area contributed by atoms with Crippen LogP contribution in [0.4, 0.5) is 0 Å². The number of hydrogen-bond donors (Lipinski definition) is 3. The molecule has 14 unspecified atom stereocenters. The van der Waals surface area contributed by atoms with Gasteiger partial charge in [0.25, 0.3) is 0 Å². The van der Waals surface area contributed by atoms with Gasteiger partial charge in [0.05, 0.1) is 11.2 Å². The summed E-state index contributed by atoms with van der Waals surface area (Å²) < 4.78 is 14.1. The number of ether oxygens (including phenoxy) is 2. The summed E-state index contributed by atoms with van der Waals surface area (Å²) in [6.45, 7) is 27.3. The van der Waals surface area contributed by atoms with E-state index in [9.17, 15) is 15.3 Å². The zero-order valence-electron chi connectivity index (χ0n) is 42.3. The Morgan fingerprint density at radius 2 is 1.03 bits per heavy atom. The van der Waals surface area contributed by atoms with E-state index in [1.807, 2.05) is 6.07 Å². The standard InChI is InChI=1S/C30H41NO2.C29H39NO3/c1-17-7-10-19-13-29-16-30-21(19)22(17)33-24(30)26(5)11-12-28(30,23(29)31(29)15-18-8-9-18)14-20(26)27(6,32)25(2,3)4;1-24(2,3)26(5,32)19-13-27-11-10-25(19,4)23-29(27)15-28(22(27)30(28)14-16-6-7-16)12-17-8-9-18(31)21(33-23)20(17)29/h7,10,18,20,23-24,32H,8-9,11-16H2,1-6H3;8-9,16,19,22-23,31-32H,6-7,10-15H2,1-5H3/t20?,23-,24?,26?,27?,28?,29?,30-,31?;19?,22-,23?,25?,26?,27?,28?,29-,30?/m00/s1. The van der Waals surface area contributed by atoms with Crippen LogP contribution in [0.25, 0.3) is 0 Å². The molecule has 4 aliphatic heterocycles. The smallest absolute Gasteiger partial charge is 0.165 e. The Bertz CT molecular complexity index is 2410. The third-order valence-electron chi connectivity index (χ3n) is 25.4. The second-order valence-electron chi connectivity index (χ2n) is 29.7. The van der Waals surface area contributed by atoms with Crippen molar-refractivity contribution < 1.29 is 24.8 Å². The van der Waals surface area contributed by atoms with E-state index in [0.29, 0.717) is 23.4 Å². The number of fused-ring (bicyclic) bond motifs is 4. The normalized spacial score (nSPS) is 51.6. The summed E-state index contributed by atoms with van der Waals surface area (Å²) >= 11 is 0. The molecular formula is C59H80N2O5. The number of phenols is 1. The van der Waals surface area contributed by atoms with Crippen molar-refractivity contribution in [3.05, 3.63) is 52.1 Å². The highest BCUT2D eigenvalue weighted by molar-refractivity contribution is 5.68. The molecule has 2 aromatic carbocycles. The summed E-state index contributed by atoms with van der Waals surface area (Å²) in [6.07, 6.45) is 17.9. The lowest BCUT2D eigenvalue weighted by Gasteiger charge is -2.70. The van der Waals surface area contributed by atoms with Crippen molar-refractivity contribution in [3.63, 3.8) is 0 Å². The average Bonchev–Trinajstić information content (AvgIpc) is 4.21. The molecule has 0 aromatic heterocycles. The molecule has 0 amide bonds. The van der Waals surface area contributed by atoms with Crippen molar-refractivity contribution in [1.82, 2.24) is 9.80 Å². The highest BCUT2D eigenvalue weighted by Gasteiger charge is 2.93. The lowest BCUT2D eigenvalue weighted by Crippen LogP contribution is -2.73. The van der Waals surface area contributed by atoms with Crippen molar-refractivity contribution in [2.24, 2.45) is 56.2 Å². The fourth-order valence-corrected chi connectivity index (χ4v) is 21.4.